The van der Waals surface area contributed by atoms with E-state index in [1.165, 1.54) is 0 Å². The number of hydrogen-bond donors (Lipinski definition) is 1. The van der Waals surface area contributed by atoms with E-state index < -0.39 is 0 Å². The maximum absolute atomic E-state index is 12.3. The van der Waals surface area contributed by atoms with E-state index in [1.54, 1.807) is 18.0 Å². The molecule has 1 fully saturated rings. The molecular formula is C14H20N2O2S. The van der Waals surface area contributed by atoms with Gasteiger partial charge in [0.25, 0.3) is 5.91 Å². The fourth-order valence-electron chi connectivity index (χ4n) is 2.40. The third-order valence-corrected chi connectivity index (χ3v) is 4.36. The van der Waals surface area contributed by atoms with Gasteiger partial charge in [0.1, 0.15) is 0 Å². The van der Waals surface area contributed by atoms with Crippen LogP contribution in [0.3, 0.4) is 0 Å². The van der Waals surface area contributed by atoms with Crippen molar-refractivity contribution in [3.05, 3.63) is 23.9 Å². The molecule has 0 saturated carbocycles. The molecule has 4 nitrogen and oxygen atoms in total. The highest BCUT2D eigenvalue weighted by Crippen LogP contribution is 2.22. The Morgan fingerprint density at radius 2 is 2.16 bits per heavy atom. The fraction of sp³-hybridized carbons (Fsp3) is 0.571. The monoisotopic (exact) mass is 280 g/mol. The number of aliphatic hydroxyl groups excluding tert-OH is 1. The molecule has 0 aromatic carbocycles. The van der Waals surface area contributed by atoms with Crippen LogP contribution in [-0.4, -0.2) is 46.3 Å². The number of aliphatic hydroxyl groups is 1. The molecule has 2 heterocycles. The Bertz CT molecular complexity index is 426. The zero-order valence-electron chi connectivity index (χ0n) is 11.4. The smallest absolute Gasteiger partial charge is 0.255 e. The molecule has 104 valence electrons. The number of hydrogen-bond acceptors (Lipinski definition) is 4. The lowest BCUT2D eigenvalue weighted by molar-refractivity contribution is 0.0521. The fourth-order valence-corrected chi connectivity index (χ4v) is 2.76. The largest absolute Gasteiger partial charge is 0.393 e. The molecule has 1 unspecified atom stereocenters. The number of carbonyl (C=O) groups excluding carboxylic acids is 1. The van der Waals surface area contributed by atoms with Crippen molar-refractivity contribution in [3.8, 4) is 0 Å². The Morgan fingerprint density at radius 3 is 2.63 bits per heavy atom. The van der Waals surface area contributed by atoms with Crippen molar-refractivity contribution in [1.82, 2.24) is 9.88 Å². The predicted octanol–water partition coefficient (Wildman–Crippen LogP) is 2.04. The molecule has 1 atom stereocenters. The summed E-state index contributed by atoms with van der Waals surface area (Å²) in [5, 5.41) is 10.5. The van der Waals surface area contributed by atoms with E-state index in [9.17, 15) is 9.90 Å². The van der Waals surface area contributed by atoms with Crippen LogP contribution < -0.4 is 0 Å². The number of carbonyl (C=O) groups is 1. The van der Waals surface area contributed by atoms with Crippen molar-refractivity contribution in [2.45, 2.75) is 30.9 Å². The molecule has 0 bridgehead atoms. The molecule has 0 spiro atoms. The minimum absolute atomic E-state index is 0.0456. The third-order valence-electron chi connectivity index (χ3n) is 3.70. The second kappa shape index (κ2) is 6.39. The van der Waals surface area contributed by atoms with Crippen LogP contribution in [0.25, 0.3) is 0 Å². The molecule has 19 heavy (non-hydrogen) atoms. The highest BCUT2D eigenvalue weighted by molar-refractivity contribution is 7.98. The van der Waals surface area contributed by atoms with Crippen molar-refractivity contribution < 1.29 is 9.90 Å². The summed E-state index contributed by atoms with van der Waals surface area (Å²) in [5.41, 5.74) is 0.647. The summed E-state index contributed by atoms with van der Waals surface area (Å²) >= 11 is 1.56. The summed E-state index contributed by atoms with van der Waals surface area (Å²) in [6.07, 6.45) is 5.08. The quantitative estimate of drug-likeness (QED) is 0.861. The van der Waals surface area contributed by atoms with Crippen molar-refractivity contribution in [3.63, 3.8) is 0 Å². The van der Waals surface area contributed by atoms with Crippen LogP contribution in [0.5, 0.6) is 0 Å². The summed E-state index contributed by atoms with van der Waals surface area (Å²) in [4.78, 5) is 18.4. The lowest BCUT2D eigenvalue weighted by Gasteiger charge is -2.33. The van der Waals surface area contributed by atoms with E-state index in [1.807, 2.05) is 30.2 Å². The summed E-state index contributed by atoms with van der Waals surface area (Å²) < 4.78 is 0. The van der Waals surface area contributed by atoms with Crippen LogP contribution in [0, 0.1) is 5.92 Å². The highest BCUT2D eigenvalue weighted by atomic mass is 32.2. The van der Waals surface area contributed by atoms with Crippen LogP contribution >= 0.6 is 11.8 Å². The number of piperidine rings is 1. The van der Waals surface area contributed by atoms with Gasteiger partial charge < -0.3 is 10.0 Å². The highest BCUT2D eigenvalue weighted by Gasteiger charge is 2.26. The summed E-state index contributed by atoms with van der Waals surface area (Å²) in [6, 6.07) is 3.71. The SMILES string of the molecule is CSc1ccc(C(=O)N2CCC(C(C)O)CC2)cn1. The summed E-state index contributed by atoms with van der Waals surface area (Å²) in [7, 11) is 0. The Labute approximate surface area is 118 Å². The molecular weight excluding hydrogens is 260 g/mol. The zero-order chi connectivity index (χ0) is 13.8. The van der Waals surface area contributed by atoms with Gasteiger partial charge in [0.2, 0.25) is 0 Å². The van der Waals surface area contributed by atoms with Gasteiger partial charge in [-0.2, -0.15) is 0 Å². The van der Waals surface area contributed by atoms with Crippen molar-refractivity contribution >= 4 is 17.7 Å². The molecule has 1 N–H and O–H groups in total. The number of thioether (sulfide) groups is 1. The van der Waals surface area contributed by atoms with E-state index >= 15 is 0 Å². The van der Waals surface area contributed by atoms with E-state index in [-0.39, 0.29) is 12.0 Å². The Kier molecular flexibility index (Phi) is 4.82. The molecule has 2 rings (SSSR count). The van der Waals surface area contributed by atoms with E-state index in [0.29, 0.717) is 11.5 Å². The summed E-state index contributed by atoms with van der Waals surface area (Å²) in [6.45, 7) is 3.27. The van der Waals surface area contributed by atoms with Crippen LogP contribution in [0.1, 0.15) is 30.1 Å². The number of rotatable bonds is 3. The van der Waals surface area contributed by atoms with Crippen LogP contribution in [-0.2, 0) is 0 Å². The molecule has 1 saturated heterocycles. The number of aromatic nitrogens is 1. The molecule has 1 aliphatic heterocycles. The third kappa shape index (κ3) is 3.48. The first kappa shape index (κ1) is 14.3. The average molecular weight is 280 g/mol. The van der Waals surface area contributed by atoms with Crippen molar-refractivity contribution in [2.75, 3.05) is 19.3 Å². The summed E-state index contributed by atoms with van der Waals surface area (Å²) in [5.74, 6) is 0.366. The maximum Gasteiger partial charge on any atom is 0.255 e. The van der Waals surface area contributed by atoms with Crippen LogP contribution in [0.4, 0.5) is 0 Å². The van der Waals surface area contributed by atoms with Gasteiger partial charge in [0.15, 0.2) is 0 Å². The average Bonchev–Trinajstić information content (AvgIpc) is 2.46. The molecule has 1 aliphatic rings. The first-order valence-electron chi connectivity index (χ1n) is 6.59. The molecule has 1 aromatic heterocycles. The maximum atomic E-state index is 12.3. The van der Waals surface area contributed by atoms with E-state index in [2.05, 4.69) is 4.98 Å². The molecule has 0 aliphatic carbocycles. The Balaban J connectivity index is 1.97. The van der Waals surface area contributed by atoms with E-state index in [4.69, 9.17) is 0 Å². The van der Waals surface area contributed by atoms with Gasteiger partial charge in [-0.05, 0) is 44.1 Å². The lowest BCUT2D eigenvalue weighted by atomic mass is 9.92. The molecule has 5 heteroatoms. The van der Waals surface area contributed by atoms with Gasteiger partial charge in [-0.3, -0.25) is 4.79 Å². The lowest BCUT2D eigenvalue weighted by Crippen LogP contribution is -2.40. The minimum Gasteiger partial charge on any atom is -0.393 e. The predicted molar refractivity (Wildman–Crippen MR) is 76.3 cm³/mol. The number of pyridine rings is 1. The first-order valence-corrected chi connectivity index (χ1v) is 7.81. The normalized spacial score (nSPS) is 18.4. The van der Waals surface area contributed by atoms with Gasteiger partial charge in [-0.25, -0.2) is 4.98 Å². The van der Waals surface area contributed by atoms with E-state index in [0.717, 1.165) is 31.0 Å². The molecule has 0 radical (unpaired) electrons. The minimum atomic E-state index is -0.278. The Morgan fingerprint density at radius 1 is 1.47 bits per heavy atom. The van der Waals surface area contributed by atoms with Gasteiger partial charge in [0, 0.05) is 19.3 Å². The number of likely N-dealkylation sites (tertiary alicyclic amines) is 1. The van der Waals surface area contributed by atoms with Gasteiger partial charge in [0.05, 0.1) is 16.7 Å². The number of nitrogens with zero attached hydrogens (tertiary/aromatic N) is 2. The zero-order valence-corrected chi connectivity index (χ0v) is 12.2. The number of amides is 1. The van der Waals surface area contributed by atoms with Crippen LogP contribution in [0.2, 0.25) is 0 Å². The van der Waals surface area contributed by atoms with Crippen molar-refractivity contribution in [2.24, 2.45) is 5.92 Å². The molecule has 1 amide bonds. The van der Waals surface area contributed by atoms with Gasteiger partial charge in [-0.15, -0.1) is 11.8 Å². The van der Waals surface area contributed by atoms with Gasteiger partial charge in [-0.1, -0.05) is 0 Å². The topological polar surface area (TPSA) is 53.4 Å². The van der Waals surface area contributed by atoms with Gasteiger partial charge >= 0.3 is 0 Å². The Hall–Kier alpha value is -1.07. The second-order valence-corrected chi connectivity index (χ2v) is 5.79. The molecule has 1 aromatic rings. The standard InChI is InChI=1S/C14H20N2O2S/c1-10(17)11-5-7-16(8-6-11)14(18)12-3-4-13(19-2)15-9-12/h3-4,9-11,17H,5-8H2,1-2H3. The van der Waals surface area contributed by atoms with Crippen LogP contribution in [0.15, 0.2) is 23.4 Å². The first-order chi connectivity index (χ1) is 9.11. The second-order valence-electron chi connectivity index (χ2n) is 4.96. The van der Waals surface area contributed by atoms with Crippen molar-refractivity contribution in [1.29, 1.82) is 0 Å².